The fourth-order valence-electron chi connectivity index (χ4n) is 3.24. The van der Waals surface area contributed by atoms with E-state index in [1.54, 1.807) is 34.1 Å². The average Bonchev–Trinajstić information content (AvgIpc) is 3.21. The first kappa shape index (κ1) is 21.3. The molecule has 1 atom stereocenters. The number of anilines is 1. The minimum Gasteiger partial charge on any atom is -0.490 e. The molecular weight excluding hydrogens is 467 g/mol. The Morgan fingerprint density at radius 2 is 2.06 bits per heavy atom. The van der Waals surface area contributed by atoms with E-state index in [1.807, 2.05) is 24.3 Å². The van der Waals surface area contributed by atoms with E-state index in [2.05, 4.69) is 26.3 Å². The van der Waals surface area contributed by atoms with E-state index >= 15 is 0 Å². The summed E-state index contributed by atoms with van der Waals surface area (Å²) in [5, 5.41) is 7.13. The zero-order valence-corrected chi connectivity index (χ0v) is 18.3. The summed E-state index contributed by atoms with van der Waals surface area (Å²) in [5.41, 5.74) is 1.52. The molecule has 0 aliphatic carbocycles. The number of nitrogens with zero attached hydrogens (tertiary/aromatic N) is 3. The monoisotopic (exact) mass is 488 g/mol. The number of rotatable bonds is 6. The maximum Gasteiger partial charge on any atom is 0.322 e. The minimum atomic E-state index is -0.275. The van der Waals surface area contributed by atoms with E-state index in [0.717, 1.165) is 15.8 Å². The Kier molecular flexibility index (Phi) is 6.83. The van der Waals surface area contributed by atoms with Crippen molar-refractivity contribution in [2.24, 2.45) is 0 Å². The number of hydrogen-bond donors (Lipinski definition) is 1. The molecule has 7 nitrogen and oxygen atoms in total. The van der Waals surface area contributed by atoms with E-state index in [4.69, 9.17) is 9.47 Å². The number of nitrogens with one attached hydrogen (secondary N) is 1. The smallest absolute Gasteiger partial charge is 0.322 e. The maximum absolute atomic E-state index is 13.0. The fraction of sp³-hybridized carbons (Fsp3) is 0.273. The standard InChI is InChI=1S/C22H22BrFN4O3/c23-20-3-1-2-4-21(20)31-15-19-14-27(9-10-30-19)22(29)26-18-11-25-28(13-18)12-16-5-7-17(24)8-6-16/h1-8,11,13,19H,9-10,12,14-15H2,(H,26,29). The summed E-state index contributed by atoms with van der Waals surface area (Å²) in [6.07, 6.45) is 3.12. The molecule has 1 saturated heterocycles. The van der Waals surface area contributed by atoms with Crippen molar-refractivity contribution in [2.45, 2.75) is 12.6 Å². The lowest BCUT2D eigenvalue weighted by atomic mass is 10.2. The van der Waals surface area contributed by atoms with Crippen LogP contribution in [0.5, 0.6) is 5.75 Å². The number of para-hydroxylation sites is 1. The molecule has 1 unspecified atom stereocenters. The molecule has 31 heavy (non-hydrogen) atoms. The third kappa shape index (κ3) is 5.83. The highest BCUT2D eigenvalue weighted by Gasteiger charge is 2.25. The van der Waals surface area contributed by atoms with Crippen molar-refractivity contribution in [1.29, 1.82) is 0 Å². The number of halogens is 2. The van der Waals surface area contributed by atoms with E-state index < -0.39 is 0 Å². The molecule has 9 heteroatoms. The maximum atomic E-state index is 13.0. The molecule has 0 radical (unpaired) electrons. The van der Waals surface area contributed by atoms with Gasteiger partial charge in [0.25, 0.3) is 0 Å². The number of urea groups is 1. The summed E-state index contributed by atoms with van der Waals surface area (Å²) < 4.78 is 27.2. The molecule has 0 saturated carbocycles. The Balaban J connectivity index is 1.28. The van der Waals surface area contributed by atoms with Gasteiger partial charge >= 0.3 is 6.03 Å². The molecule has 0 spiro atoms. The summed E-state index contributed by atoms with van der Waals surface area (Å²) >= 11 is 3.45. The predicted molar refractivity (Wildman–Crippen MR) is 118 cm³/mol. The number of benzene rings is 2. The number of carbonyl (C=O) groups excluding carboxylic acids is 1. The van der Waals surface area contributed by atoms with Gasteiger partial charge in [-0.15, -0.1) is 0 Å². The molecule has 2 aromatic carbocycles. The van der Waals surface area contributed by atoms with Crippen LogP contribution in [0.3, 0.4) is 0 Å². The molecule has 1 N–H and O–H groups in total. The molecule has 3 aromatic rings. The number of amides is 2. The van der Waals surface area contributed by atoms with Crippen LogP contribution in [-0.4, -0.2) is 53.1 Å². The Bertz CT molecular complexity index is 1030. The normalized spacial score (nSPS) is 16.2. The van der Waals surface area contributed by atoms with Crippen LogP contribution in [0.4, 0.5) is 14.9 Å². The van der Waals surface area contributed by atoms with Crippen LogP contribution < -0.4 is 10.1 Å². The van der Waals surface area contributed by atoms with Gasteiger partial charge in [-0.25, -0.2) is 9.18 Å². The first-order chi connectivity index (χ1) is 15.1. The summed E-state index contributed by atoms with van der Waals surface area (Å²) in [6.45, 7) is 2.21. The zero-order chi connectivity index (χ0) is 21.6. The van der Waals surface area contributed by atoms with Crippen LogP contribution in [-0.2, 0) is 11.3 Å². The minimum absolute atomic E-state index is 0.212. The first-order valence-electron chi connectivity index (χ1n) is 9.88. The second-order valence-corrected chi connectivity index (χ2v) is 8.02. The molecule has 2 heterocycles. The molecule has 4 rings (SSSR count). The molecule has 1 aliphatic heterocycles. The van der Waals surface area contributed by atoms with Crippen LogP contribution in [0.1, 0.15) is 5.56 Å². The lowest BCUT2D eigenvalue weighted by molar-refractivity contribution is -0.0338. The summed E-state index contributed by atoms with van der Waals surface area (Å²) in [4.78, 5) is 14.4. The highest BCUT2D eigenvalue weighted by atomic mass is 79.9. The number of ether oxygens (including phenoxy) is 2. The third-order valence-corrected chi connectivity index (χ3v) is 5.48. The summed E-state index contributed by atoms with van der Waals surface area (Å²) in [6, 6.07) is 13.6. The van der Waals surface area contributed by atoms with E-state index in [0.29, 0.717) is 38.5 Å². The van der Waals surface area contributed by atoms with Crippen molar-refractivity contribution in [3.8, 4) is 5.75 Å². The Hall–Kier alpha value is -2.91. The predicted octanol–water partition coefficient (Wildman–Crippen LogP) is 4.14. The molecule has 1 aromatic heterocycles. The van der Waals surface area contributed by atoms with Crippen molar-refractivity contribution in [2.75, 3.05) is 31.6 Å². The molecule has 1 fully saturated rings. The molecular formula is C22H22BrFN4O3. The van der Waals surface area contributed by atoms with Gasteiger partial charge in [0.1, 0.15) is 24.3 Å². The largest absolute Gasteiger partial charge is 0.490 e. The fourth-order valence-corrected chi connectivity index (χ4v) is 3.64. The highest BCUT2D eigenvalue weighted by Crippen LogP contribution is 2.24. The molecule has 2 amide bonds. The van der Waals surface area contributed by atoms with Gasteiger partial charge in [0.05, 0.1) is 36.1 Å². The van der Waals surface area contributed by atoms with Crippen LogP contribution >= 0.6 is 15.9 Å². The van der Waals surface area contributed by atoms with Crippen LogP contribution in [0.2, 0.25) is 0 Å². The highest BCUT2D eigenvalue weighted by molar-refractivity contribution is 9.10. The Morgan fingerprint density at radius 3 is 2.87 bits per heavy atom. The van der Waals surface area contributed by atoms with Crippen LogP contribution in [0.15, 0.2) is 65.4 Å². The van der Waals surface area contributed by atoms with Crippen molar-refractivity contribution < 1.29 is 18.7 Å². The topological polar surface area (TPSA) is 68.6 Å². The van der Waals surface area contributed by atoms with Crippen LogP contribution in [0, 0.1) is 5.82 Å². The number of carbonyl (C=O) groups is 1. The number of aromatic nitrogens is 2. The Morgan fingerprint density at radius 1 is 1.26 bits per heavy atom. The number of morpholine rings is 1. The second kappa shape index (κ2) is 9.93. The first-order valence-corrected chi connectivity index (χ1v) is 10.7. The van der Waals surface area contributed by atoms with E-state index in [1.165, 1.54) is 12.1 Å². The Labute approximate surface area is 187 Å². The van der Waals surface area contributed by atoms with Crippen molar-refractivity contribution in [1.82, 2.24) is 14.7 Å². The van der Waals surface area contributed by atoms with Crippen molar-refractivity contribution in [3.05, 3.63) is 76.8 Å². The zero-order valence-electron chi connectivity index (χ0n) is 16.7. The number of hydrogen-bond acceptors (Lipinski definition) is 4. The van der Waals surface area contributed by atoms with Gasteiger partial charge in [-0.05, 0) is 45.8 Å². The lowest BCUT2D eigenvalue weighted by Gasteiger charge is -2.32. The van der Waals surface area contributed by atoms with E-state index in [-0.39, 0.29) is 18.0 Å². The second-order valence-electron chi connectivity index (χ2n) is 7.16. The van der Waals surface area contributed by atoms with Crippen molar-refractivity contribution in [3.63, 3.8) is 0 Å². The lowest BCUT2D eigenvalue weighted by Crippen LogP contribution is -2.49. The van der Waals surface area contributed by atoms with Gasteiger partial charge in [0.2, 0.25) is 0 Å². The molecule has 162 valence electrons. The van der Waals surface area contributed by atoms with Gasteiger partial charge in [0.15, 0.2) is 0 Å². The average molecular weight is 489 g/mol. The van der Waals surface area contributed by atoms with Crippen molar-refractivity contribution >= 4 is 27.6 Å². The molecule has 0 bridgehead atoms. The summed E-state index contributed by atoms with van der Waals surface area (Å²) in [5.74, 6) is 0.462. The van der Waals surface area contributed by atoms with Gasteiger partial charge < -0.3 is 19.7 Å². The van der Waals surface area contributed by atoms with E-state index in [9.17, 15) is 9.18 Å². The van der Waals surface area contributed by atoms with Gasteiger partial charge in [-0.3, -0.25) is 4.68 Å². The summed E-state index contributed by atoms with van der Waals surface area (Å²) in [7, 11) is 0. The third-order valence-electron chi connectivity index (χ3n) is 4.83. The van der Waals surface area contributed by atoms with Gasteiger partial charge in [-0.2, -0.15) is 5.10 Å². The van der Waals surface area contributed by atoms with Gasteiger partial charge in [0, 0.05) is 12.7 Å². The quantitative estimate of drug-likeness (QED) is 0.565. The van der Waals surface area contributed by atoms with Gasteiger partial charge in [-0.1, -0.05) is 24.3 Å². The SMILES string of the molecule is O=C(Nc1cnn(Cc2ccc(F)cc2)c1)N1CCOC(COc2ccccc2Br)C1. The van der Waals surface area contributed by atoms with Crippen LogP contribution in [0.25, 0.3) is 0 Å². The molecule has 1 aliphatic rings.